The Morgan fingerprint density at radius 3 is 0.400 bits per heavy atom. The molecule has 42 heteroatoms. The number of carbonyl (C=O) groups excluding carboxylic acids is 18. The molecule has 42 nitrogen and oxygen atoms in total. The number of hydrogen-bond donors (Lipinski definition) is 24. The van der Waals surface area contributed by atoms with Gasteiger partial charge in [-0.3, -0.25) is 86.3 Å². The van der Waals surface area contributed by atoms with Crippen molar-refractivity contribution in [3.8, 4) is 0 Å². The van der Waals surface area contributed by atoms with E-state index in [9.17, 15) is 86.3 Å². The summed E-state index contributed by atoms with van der Waals surface area (Å²) >= 11 is 0. The fraction of sp³-hybridized carbons (Fsp3) is 0.816. The first kappa shape index (κ1) is 102. The normalized spacial score (nSPS) is 38.5. The van der Waals surface area contributed by atoms with Crippen molar-refractivity contribution in [1.82, 2.24) is 122 Å². The van der Waals surface area contributed by atoms with Crippen LogP contribution in [-0.4, -0.2) is 288 Å². The van der Waals surface area contributed by atoms with Crippen molar-refractivity contribution in [2.24, 2.45) is 106 Å². The lowest BCUT2D eigenvalue weighted by Crippen LogP contribution is -2.55. The summed E-state index contributed by atoms with van der Waals surface area (Å²) in [5, 5.41) is 72.8. The van der Waals surface area contributed by atoms with Crippen molar-refractivity contribution in [2.45, 2.75) is 322 Å². The molecule has 11 aliphatic carbocycles. The summed E-state index contributed by atoms with van der Waals surface area (Å²) in [6, 6.07) is -8.04. The highest BCUT2D eigenvalue weighted by Gasteiger charge is 2.53. The number of amides is 18. The van der Waals surface area contributed by atoms with E-state index >= 15 is 0 Å². The molecule has 34 atom stereocenters. The maximum Gasteiger partial charge on any atom is 0.226 e. The standard InChI is InChI=1S/C98H152N24O18/c1-47(123)106-66-25-3-14-49(66)83(125)108-67-26-7-18-53(67)87(129)117-76-41-103-38-62(76)96(138)114-74-33-11-22-57(74)91(133)121-80-45-101-36-60(80)94(136)112-71-30-5-16-51(71)85(127)110-69-28-9-20-55(69)89(131)119-78-43-105-40-64(78)98(140)116-75-34-12-23-58(75)92(134)122-81-46-102-37-61(81)95(137)113-72-31-6-17-52(72)86(128)109-68-27-8-19-54(68)88(130)118-77-42-104-39-63(77)97(139)115-73-32-10-21-56(73)90(132)120-79-44-100-35-59(79)93(135)111-70-29-4-15-50(70)84(126)107-65-24-2-13-48(65)82(99)124/h48-81,100-105H,2-46H2,1H3,(H2,99,124)(H,106,123)(H,107,126)(H,108,125)(H,109,128)(H,110,127)(H,111,135)(H,112,136)(H,113,137)(H,114,138)(H,115,139)(H,116,140)(H,117,129)(H,118,130)(H,119,131)(H,120,132)(H,121,133)(H,122,134)/t48-,49-,50-,51-,52-,53-,54-,55-,56-,57-,58-,59-,60-,61-,62-,63-,64-,65-,66-,67-,68-,69-,70-,71-,72-,73-,74-,75-,76-,77-,78-,79-,80-,81-/m1/s1. The first-order chi connectivity index (χ1) is 67.6. The molecule has 25 N–H and O–H groups in total. The summed E-state index contributed by atoms with van der Waals surface area (Å²) in [7, 11) is 0. The summed E-state index contributed by atoms with van der Waals surface area (Å²) in [4.78, 5) is 250. The Morgan fingerprint density at radius 2 is 0.264 bits per heavy atom. The van der Waals surface area contributed by atoms with Gasteiger partial charge in [0.1, 0.15) is 0 Å². The number of nitrogens with one attached hydrogen (secondary N) is 23. The van der Waals surface area contributed by atoms with Crippen LogP contribution in [0.1, 0.15) is 219 Å². The predicted molar refractivity (Wildman–Crippen MR) is 507 cm³/mol. The van der Waals surface area contributed by atoms with Crippen molar-refractivity contribution in [3.63, 3.8) is 0 Å². The van der Waals surface area contributed by atoms with Gasteiger partial charge in [-0.25, -0.2) is 0 Å². The second-order valence-corrected chi connectivity index (χ2v) is 44.1. The van der Waals surface area contributed by atoms with Crippen LogP contribution in [0.5, 0.6) is 0 Å². The highest BCUT2D eigenvalue weighted by Crippen LogP contribution is 2.39. The molecule has 772 valence electrons. The maximum atomic E-state index is 14.4. The summed E-state index contributed by atoms with van der Waals surface area (Å²) < 4.78 is 0. The van der Waals surface area contributed by atoms with Crippen LogP contribution in [0.4, 0.5) is 0 Å². The van der Waals surface area contributed by atoms with Crippen LogP contribution in [0.3, 0.4) is 0 Å². The molecule has 0 aromatic rings. The molecule has 18 amide bonds. The van der Waals surface area contributed by atoms with Crippen LogP contribution in [-0.2, 0) is 86.3 Å². The summed E-state index contributed by atoms with van der Waals surface area (Å²) in [5.41, 5.74) is 5.63. The molecule has 0 aromatic heterocycles. The van der Waals surface area contributed by atoms with E-state index in [0.29, 0.717) is 245 Å². The van der Waals surface area contributed by atoms with Gasteiger partial charge in [-0.1, -0.05) is 70.6 Å². The molecule has 17 rings (SSSR count). The predicted octanol–water partition coefficient (Wildman–Crippen LogP) is -5.15. The second-order valence-electron chi connectivity index (χ2n) is 44.1. The smallest absolute Gasteiger partial charge is 0.226 e. The lowest BCUT2D eigenvalue weighted by molar-refractivity contribution is -0.133. The molecule has 0 aromatic carbocycles. The molecule has 140 heavy (non-hydrogen) atoms. The van der Waals surface area contributed by atoms with Crippen molar-refractivity contribution in [3.05, 3.63) is 0 Å². The third-order valence-corrected chi connectivity index (χ3v) is 35.3. The van der Waals surface area contributed by atoms with E-state index in [-0.39, 0.29) is 138 Å². The number of nitrogens with two attached hydrogens (primary N) is 1. The molecule has 17 aliphatic rings. The fourth-order valence-corrected chi connectivity index (χ4v) is 27.5. The van der Waals surface area contributed by atoms with Crippen molar-refractivity contribution < 1.29 is 86.3 Å². The molecule has 0 unspecified atom stereocenters. The summed E-state index contributed by atoms with van der Waals surface area (Å²) in [6.07, 6.45) is 20.7. The molecule has 11 saturated carbocycles. The molecule has 0 spiro atoms. The van der Waals surface area contributed by atoms with Crippen LogP contribution >= 0.6 is 0 Å². The lowest BCUT2D eigenvalue weighted by Gasteiger charge is -2.29. The molecular weight excluding hydrogens is 1800 g/mol. The van der Waals surface area contributed by atoms with Gasteiger partial charge in [0.05, 0.1) is 137 Å². The Balaban J connectivity index is 0.418. The van der Waals surface area contributed by atoms with Gasteiger partial charge in [-0.05, 0) is 141 Å². The lowest BCUT2D eigenvalue weighted by atomic mass is 9.95. The van der Waals surface area contributed by atoms with E-state index in [1.165, 1.54) is 6.92 Å². The monoisotopic (exact) mass is 1950 g/mol. The van der Waals surface area contributed by atoms with Gasteiger partial charge < -0.3 is 128 Å². The van der Waals surface area contributed by atoms with E-state index in [1.807, 2.05) is 0 Å². The molecule has 0 radical (unpaired) electrons. The second kappa shape index (κ2) is 46.3. The molecule has 6 aliphatic heterocycles. The Kier molecular flexibility index (Phi) is 33.6. The maximum absolute atomic E-state index is 14.4. The van der Waals surface area contributed by atoms with Gasteiger partial charge in [-0.2, -0.15) is 0 Å². The average Bonchev–Trinajstić information content (AvgIpc) is 1.67. The minimum Gasteiger partial charge on any atom is -0.369 e. The molecule has 6 saturated heterocycles. The third kappa shape index (κ3) is 23.7. The molecule has 6 heterocycles. The summed E-state index contributed by atoms with van der Waals surface area (Å²) in [5.74, 6) is -14.2. The highest BCUT2D eigenvalue weighted by atomic mass is 16.2. The quantitative estimate of drug-likeness (QED) is 0.0286. The number of carbonyl (C=O) groups is 18. The highest BCUT2D eigenvalue weighted by molar-refractivity contribution is 5.93. The SMILES string of the molecule is CC(=O)N[C@@H]1CCC[C@H]1C(=O)N[C@@H]1CCC[C@H]1C(=O)N[C@@H]1CNC[C@H]1C(=O)N[C@@H]1CCC[C@H]1C(=O)N[C@@H]1CNC[C@H]1C(=O)N[C@@H]1CCC[C@H]1C(=O)N[C@@H]1CCC[C@H]1C(=O)N[C@@H]1CNC[C@H]1C(=O)N[C@@H]1CCC[C@H]1C(=O)N[C@@H]1CNC[C@H]1C(=O)N[C@@H]1CCC[C@H]1C(=O)N[C@@H]1CCC[C@H]1C(=O)N[C@@H]1CNC[C@H]1C(=O)N[C@@H]1CCC[C@H]1C(=O)N[C@@H]1CNC[C@H]1C(=O)N[C@@H]1CCC[C@H]1C(=O)N[C@@H]1CCC[C@H]1C(N)=O. The zero-order valence-electron chi connectivity index (χ0n) is 80.9. The first-order valence-corrected chi connectivity index (χ1v) is 53.3. The van der Waals surface area contributed by atoms with Crippen molar-refractivity contribution in [2.75, 3.05) is 78.5 Å². The zero-order chi connectivity index (χ0) is 98.1. The van der Waals surface area contributed by atoms with Gasteiger partial charge in [0.2, 0.25) is 106 Å². The average molecular weight is 1950 g/mol. The van der Waals surface area contributed by atoms with Gasteiger partial charge >= 0.3 is 0 Å². The van der Waals surface area contributed by atoms with E-state index in [4.69, 9.17) is 5.73 Å². The number of primary amides is 1. The van der Waals surface area contributed by atoms with Crippen LogP contribution in [0.15, 0.2) is 0 Å². The van der Waals surface area contributed by atoms with Gasteiger partial charge in [-0.15, -0.1) is 0 Å². The van der Waals surface area contributed by atoms with Crippen molar-refractivity contribution in [1.29, 1.82) is 0 Å². The van der Waals surface area contributed by atoms with Crippen LogP contribution in [0.2, 0.25) is 0 Å². The van der Waals surface area contributed by atoms with Gasteiger partial charge in [0.25, 0.3) is 0 Å². The first-order valence-electron chi connectivity index (χ1n) is 53.3. The fourth-order valence-electron chi connectivity index (χ4n) is 27.5. The Labute approximate surface area is 817 Å². The molecule has 0 bridgehead atoms. The number of hydrogen-bond acceptors (Lipinski definition) is 24. The Bertz CT molecular complexity index is 4420. The van der Waals surface area contributed by atoms with E-state index < -0.39 is 185 Å². The van der Waals surface area contributed by atoms with E-state index in [2.05, 4.69) is 122 Å². The van der Waals surface area contributed by atoms with Crippen LogP contribution < -0.4 is 128 Å². The van der Waals surface area contributed by atoms with Crippen LogP contribution in [0, 0.1) is 101 Å². The zero-order valence-corrected chi connectivity index (χ0v) is 80.9. The Hall–Kier alpha value is -9.78. The summed E-state index contributed by atoms with van der Waals surface area (Å²) in [6.45, 7) is 5.33. The molecular formula is C98H152N24O18. The minimum atomic E-state index is -0.665. The molecule has 17 fully saturated rings. The third-order valence-electron chi connectivity index (χ3n) is 35.3. The van der Waals surface area contributed by atoms with Crippen LogP contribution in [0.25, 0.3) is 0 Å². The number of rotatable bonds is 34. The van der Waals surface area contributed by atoms with E-state index in [1.54, 1.807) is 0 Å². The van der Waals surface area contributed by atoms with Gasteiger partial charge in [0.15, 0.2) is 0 Å². The van der Waals surface area contributed by atoms with E-state index in [0.717, 1.165) is 32.1 Å². The van der Waals surface area contributed by atoms with Crippen molar-refractivity contribution >= 4 is 106 Å². The Morgan fingerprint density at radius 1 is 0.150 bits per heavy atom. The topological polar surface area (TPSA) is 610 Å². The largest absolute Gasteiger partial charge is 0.369 e. The minimum absolute atomic E-state index is 0.156. The van der Waals surface area contributed by atoms with Gasteiger partial charge in [0, 0.05) is 152 Å².